The van der Waals surface area contributed by atoms with Crippen LogP contribution in [0.1, 0.15) is 56.0 Å². The average Bonchev–Trinajstić information content (AvgIpc) is 3.27. The number of aromatic nitrogens is 2. The zero-order valence-electron chi connectivity index (χ0n) is 12.3. The van der Waals surface area contributed by atoms with Gasteiger partial charge in [0.25, 0.3) is 0 Å². The molecule has 4 heteroatoms. The molecule has 3 aliphatic rings. The third kappa shape index (κ3) is 2.47. The fourth-order valence-corrected chi connectivity index (χ4v) is 3.87. The largest absolute Gasteiger partial charge is 0.308 e. The number of fused-ring (bicyclic) bond motifs is 2. The van der Waals surface area contributed by atoms with Gasteiger partial charge in [0, 0.05) is 36.8 Å². The molecule has 0 radical (unpaired) electrons. The lowest BCUT2D eigenvalue weighted by Gasteiger charge is -2.35. The normalized spacial score (nSPS) is 33.5. The topological polar surface area (TPSA) is 41.1 Å². The Bertz CT molecular complexity index is 471. The summed E-state index contributed by atoms with van der Waals surface area (Å²) in [6.07, 6.45) is 9.82. The van der Waals surface area contributed by atoms with E-state index in [4.69, 9.17) is 4.98 Å². The van der Waals surface area contributed by atoms with E-state index in [9.17, 15) is 0 Å². The third-order valence-corrected chi connectivity index (χ3v) is 5.34. The Morgan fingerprint density at radius 3 is 2.65 bits per heavy atom. The molecule has 1 aromatic heterocycles. The molecule has 1 saturated carbocycles. The van der Waals surface area contributed by atoms with Crippen molar-refractivity contribution < 1.29 is 0 Å². The third-order valence-electron chi connectivity index (χ3n) is 5.34. The second-order valence-electron chi connectivity index (χ2n) is 6.78. The van der Waals surface area contributed by atoms with Gasteiger partial charge in [-0.2, -0.15) is 0 Å². The number of nitrogens with zero attached hydrogens (tertiary/aromatic N) is 3. The summed E-state index contributed by atoms with van der Waals surface area (Å²) in [4.78, 5) is 12.0. The summed E-state index contributed by atoms with van der Waals surface area (Å²) >= 11 is 0. The first-order chi connectivity index (χ1) is 9.79. The molecule has 1 N–H and O–H groups in total. The van der Waals surface area contributed by atoms with Crippen LogP contribution in [0, 0.1) is 0 Å². The number of piperidine rings is 1. The lowest BCUT2D eigenvalue weighted by Crippen LogP contribution is -2.39. The summed E-state index contributed by atoms with van der Waals surface area (Å²) in [5.41, 5.74) is 1.16. The molecule has 1 aromatic rings. The zero-order chi connectivity index (χ0) is 13.5. The lowest BCUT2D eigenvalue weighted by molar-refractivity contribution is 0.158. The highest BCUT2D eigenvalue weighted by Crippen LogP contribution is 2.40. The highest BCUT2D eigenvalue weighted by Gasteiger charge is 2.39. The highest BCUT2D eigenvalue weighted by atomic mass is 15.2. The first-order valence-corrected chi connectivity index (χ1v) is 8.07. The van der Waals surface area contributed by atoms with Crippen molar-refractivity contribution in [3.05, 3.63) is 23.8 Å². The van der Waals surface area contributed by atoms with E-state index < -0.39 is 0 Å². The SMILES string of the molecule is CN1C2CCC1CC(c1nccc(CNC3CC3)n1)C2. The van der Waals surface area contributed by atoms with Gasteiger partial charge in [0.15, 0.2) is 0 Å². The van der Waals surface area contributed by atoms with Crippen molar-refractivity contribution >= 4 is 0 Å². The van der Waals surface area contributed by atoms with Gasteiger partial charge in [-0.05, 0) is 51.6 Å². The molecule has 4 rings (SSSR count). The molecule has 0 aromatic carbocycles. The number of hydrogen-bond acceptors (Lipinski definition) is 4. The van der Waals surface area contributed by atoms with Crippen molar-refractivity contribution in [3.63, 3.8) is 0 Å². The Balaban J connectivity index is 1.46. The van der Waals surface area contributed by atoms with Crippen molar-refractivity contribution in [1.82, 2.24) is 20.2 Å². The first kappa shape index (κ1) is 12.7. The Hall–Kier alpha value is -1.00. The minimum absolute atomic E-state index is 0.574. The van der Waals surface area contributed by atoms with Crippen LogP contribution < -0.4 is 5.32 Å². The van der Waals surface area contributed by atoms with Gasteiger partial charge in [-0.25, -0.2) is 9.97 Å². The monoisotopic (exact) mass is 272 g/mol. The minimum atomic E-state index is 0.574. The summed E-state index contributed by atoms with van der Waals surface area (Å²) < 4.78 is 0. The van der Waals surface area contributed by atoms with Crippen LogP contribution in [0.4, 0.5) is 0 Å². The molecule has 2 aliphatic heterocycles. The summed E-state index contributed by atoms with van der Waals surface area (Å²) in [6, 6.07) is 4.32. The number of hydrogen-bond donors (Lipinski definition) is 1. The van der Waals surface area contributed by atoms with Crippen LogP contribution in [-0.4, -0.2) is 40.0 Å². The van der Waals surface area contributed by atoms with Crippen LogP contribution in [0.5, 0.6) is 0 Å². The zero-order valence-corrected chi connectivity index (χ0v) is 12.3. The quantitative estimate of drug-likeness (QED) is 0.911. The van der Waals surface area contributed by atoms with E-state index in [0.717, 1.165) is 36.2 Å². The molecule has 2 atom stereocenters. The summed E-state index contributed by atoms with van der Waals surface area (Å²) in [5.74, 6) is 1.66. The molecule has 1 aliphatic carbocycles. The second-order valence-corrected chi connectivity index (χ2v) is 6.78. The molecule has 3 fully saturated rings. The average molecular weight is 272 g/mol. The Morgan fingerprint density at radius 2 is 1.95 bits per heavy atom. The molecular formula is C16H24N4. The predicted molar refractivity (Wildman–Crippen MR) is 78.4 cm³/mol. The maximum Gasteiger partial charge on any atom is 0.131 e. The van der Waals surface area contributed by atoms with Gasteiger partial charge < -0.3 is 10.2 Å². The van der Waals surface area contributed by atoms with Crippen LogP contribution in [0.3, 0.4) is 0 Å². The van der Waals surface area contributed by atoms with Crippen molar-refractivity contribution in [2.75, 3.05) is 7.05 Å². The van der Waals surface area contributed by atoms with Gasteiger partial charge in [-0.3, -0.25) is 0 Å². The van der Waals surface area contributed by atoms with E-state index in [-0.39, 0.29) is 0 Å². The van der Waals surface area contributed by atoms with E-state index in [1.807, 2.05) is 6.20 Å². The predicted octanol–water partition coefficient (Wildman–Crippen LogP) is 2.07. The van der Waals surface area contributed by atoms with Crippen LogP contribution >= 0.6 is 0 Å². The Kier molecular flexibility index (Phi) is 3.23. The molecular weight excluding hydrogens is 248 g/mol. The van der Waals surface area contributed by atoms with Crippen molar-refractivity contribution in [1.29, 1.82) is 0 Å². The maximum atomic E-state index is 4.83. The molecule has 3 heterocycles. The van der Waals surface area contributed by atoms with E-state index in [2.05, 4.69) is 28.3 Å². The highest BCUT2D eigenvalue weighted by molar-refractivity contribution is 5.10. The van der Waals surface area contributed by atoms with Crippen molar-refractivity contribution in [2.45, 2.75) is 69.1 Å². The molecule has 108 valence electrons. The molecule has 2 saturated heterocycles. The Morgan fingerprint density at radius 1 is 1.20 bits per heavy atom. The van der Waals surface area contributed by atoms with E-state index >= 15 is 0 Å². The van der Waals surface area contributed by atoms with E-state index in [1.54, 1.807) is 0 Å². The summed E-state index contributed by atoms with van der Waals surface area (Å²) in [5, 5.41) is 3.54. The maximum absolute atomic E-state index is 4.83. The van der Waals surface area contributed by atoms with Crippen LogP contribution in [0.15, 0.2) is 12.3 Å². The van der Waals surface area contributed by atoms with Gasteiger partial charge in [0.05, 0.1) is 5.69 Å². The number of nitrogens with one attached hydrogen (secondary N) is 1. The van der Waals surface area contributed by atoms with E-state index in [1.165, 1.54) is 38.5 Å². The summed E-state index contributed by atoms with van der Waals surface area (Å²) in [6.45, 7) is 0.902. The molecule has 4 nitrogen and oxygen atoms in total. The molecule has 0 spiro atoms. The minimum Gasteiger partial charge on any atom is -0.308 e. The fraction of sp³-hybridized carbons (Fsp3) is 0.750. The summed E-state index contributed by atoms with van der Waals surface area (Å²) in [7, 11) is 2.29. The standard InChI is InChI=1S/C16H24N4/c1-20-14-4-5-15(20)9-11(8-14)16-17-7-6-13(19-16)10-18-12-2-3-12/h6-7,11-12,14-15,18H,2-5,8-10H2,1H3. The van der Waals surface area contributed by atoms with Gasteiger partial charge >= 0.3 is 0 Å². The Labute approximate surface area is 121 Å². The second kappa shape index (κ2) is 5.08. The number of rotatable bonds is 4. The molecule has 2 bridgehead atoms. The fourth-order valence-electron chi connectivity index (χ4n) is 3.87. The van der Waals surface area contributed by atoms with Gasteiger partial charge in [0.1, 0.15) is 5.82 Å². The van der Waals surface area contributed by atoms with Crippen LogP contribution in [0.25, 0.3) is 0 Å². The smallest absolute Gasteiger partial charge is 0.131 e. The van der Waals surface area contributed by atoms with Crippen molar-refractivity contribution in [3.8, 4) is 0 Å². The van der Waals surface area contributed by atoms with E-state index in [0.29, 0.717) is 5.92 Å². The molecule has 0 amide bonds. The molecule has 2 unspecified atom stereocenters. The van der Waals surface area contributed by atoms with Gasteiger partial charge in [0.2, 0.25) is 0 Å². The molecule has 20 heavy (non-hydrogen) atoms. The lowest BCUT2D eigenvalue weighted by atomic mass is 9.90. The first-order valence-electron chi connectivity index (χ1n) is 8.07. The van der Waals surface area contributed by atoms with Crippen LogP contribution in [-0.2, 0) is 6.54 Å². The van der Waals surface area contributed by atoms with Crippen molar-refractivity contribution in [2.24, 2.45) is 0 Å². The van der Waals surface area contributed by atoms with Gasteiger partial charge in [-0.15, -0.1) is 0 Å². The van der Waals surface area contributed by atoms with Crippen LogP contribution in [0.2, 0.25) is 0 Å². The van der Waals surface area contributed by atoms with Gasteiger partial charge in [-0.1, -0.05) is 0 Å².